The highest BCUT2D eigenvalue weighted by molar-refractivity contribution is 5.93. The summed E-state index contributed by atoms with van der Waals surface area (Å²) in [4.78, 5) is 32.2. The van der Waals surface area contributed by atoms with Crippen LogP contribution in [0.5, 0.6) is 0 Å². The summed E-state index contributed by atoms with van der Waals surface area (Å²) in [5.41, 5.74) is 4.79. The molecule has 148 valence electrons. The van der Waals surface area contributed by atoms with Crippen LogP contribution in [0.2, 0.25) is 0 Å². The third kappa shape index (κ3) is 6.14. The van der Waals surface area contributed by atoms with E-state index in [0.717, 1.165) is 22.6 Å². The highest BCUT2D eigenvalue weighted by atomic mass is 16.2. The Labute approximate surface area is 169 Å². The van der Waals surface area contributed by atoms with Crippen LogP contribution in [0, 0.1) is 13.8 Å². The molecule has 0 bridgehead atoms. The molecule has 0 saturated carbocycles. The number of aryl methyl sites for hydroxylation is 2. The van der Waals surface area contributed by atoms with Gasteiger partial charge in [0.2, 0.25) is 17.8 Å². The van der Waals surface area contributed by atoms with Gasteiger partial charge in [-0.3, -0.25) is 9.59 Å². The minimum Gasteiger partial charge on any atom is -0.326 e. The number of nitrogens with zero attached hydrogens (tertiary/aromatic N) is 2. The minimum absolute atomic E-state index is 0.128. The van der Waals surface area contributed by atoms with E-state index in [1.807, 2.05) is 56.3 Å². The lowest BCUT2D eigenvalue weighted by Gasteiger charge is -2.10. The molecule has 0 fully saturated rings. The zero-order valence-electron chi connectivity index (χ0n) is 16.6. The second-order valence-corrected chi connectivity index (χ2v) is 6.78. The van der Waals surface area contributed by atoms with E-state index in [1.165, 1.54) is 6.92 Å². The average molecular weight is 389 g/mol. The molecule has 2 aromatic carbocycles. The zero-order valence-corrected chi connectivity index (χ0v) is 16.6. The Morgan fingerprint density at radius 3 is 2.14 bits per heavy atom. The Balaban J connectivity index is 1.62. The third-order valence-electron chi connectivity index (χ3n) is 4.02. The predicted molar refractivity (Wildman–Crippen MR) is 114 cm³/mol. The van der Waals surface area contributed by atoms with Crippen LogP contribution in [-0.4, -0.2) is 21.8 Å². The topological polar surface area (TPSA) is 96.0 Å². The van der Waals surface area contributed by atoms with Gasteiger partial charge >= 0.3 is 0 Å². The molecule has 0 aliphatic rings. The van der Waals surface area contributed by atoms with Crippen LogP contribution in [-0.2, 0) is 16.0 Å². The van der Waals surface area contributed by atoms with Crippen LogP contribution in [0.1, 0.15) is 23.9 Å². The van der Waals surface area contributed by atoms with Crippen molar-refractivity contribution >= 4 is 34.8 Å². The molecule has 2 amide bonds. The number of benzene rings is 2. The number of anilines is 4. The lowest BCUT2D eigenvalue weighted by atomic mass is 10.1. The summed E-state index contributed by atoms with van der Waals surface area (Å²) in [5, 5.41) is 8.76. The normalized spacial score (nSPS) is 10.3. The fourth-order valence-electron chi connectivity index (χ4n) is 2.89. The number of hydrogen-bond donors (Lipinski definition) is 3. The van der Waals surface area contributed by atoms with Crippen molar-refractivity contribution in [2.45, 2.75) is 27.2 Å². The van der Waals surface area contributed by atoms with Crippen molar-refractivity contribution in [3.05, 3.63) is 71.5 Å². The SMILES string of the molecule is CC(=O)Nc1ccc(CC(=O)Nc2cccc(Nc3nc(C)cc(C)n3)c2)cc1. The second kappa shape index (κ2) is 8.97. The first-order valence-corrected chi connectivity index (χ1v) is 9.23. The molecule has 0 aliphatic heterocycles. The number of nitrogens with one attached hydrogen (secondary N) is 3. The number of carbonyl (C=O) groups excluding carboxylic acids is 2. The fourth-order valence-corrected chi connectivity index (χ4v) is 2.89. The van der Waals surface area contributed by atoms with Gasteiger partial charge in [0.15, 0.2) is 0 Å². The van der Waals surface area contributed by atoms with Crippen molar-refractivity contribution in [3.8, 4) is 0 Å². The number of hydrogen-bond acceptors (Lipinski definition) is 5. The molecular weight excluding hydrogens is 366 g/mol. The number of rotatable bonds is 6. The van der Waals surface area contributed by atoms with E-state index in [1.54, 1.807) is 12.1 Å². The summed E-state index contributed by atoms with van der Waals surface area (Å²) >= 11 is 0. The lowest BCUT2D eigenvalue weighted by Crippen LogP contribution is -2.14. The van der Waals surface area contributed by atoms with Crippen molar-refractivity contribution in [2.75, 3.05) is 16.0 Å². The Morgan fingerprint density at radius 2 is 1.48 bits per heavy atom. The molecule has 3 N–H and O–H groups in total. The molecule has 3 aromatic rings. The molecule has 29 heavy (non-hydrogen) atoms. The van der Waals surface area contributed by atoms with Gasteiger partial charge < -0.3 is 16.0 Å². The number of aromatic nitrogens is 2. The molecular formula is C22H23N5O2. The van der Waals surface area contributed by atoms with E-state index in [0.29, 0.717) is 17.3 Å². The van der Waals surface area contributed by atoms with Gasteiger partial charge in [0, 0.05) is 35.4 Å². The first-order chi connectivity index (χ1) is 13.9. The Bertz CT molecular complexity index is 1010. The molecule has 3 rings (SSSR count). The Hall–Kier alpha value is -3.74. The third-order valence-corrected chi connectivity index (χ3v) is 4.02. The van der Waals surface area contributed by atoms with Gasteiger partial charge in [0.25, 0.3) is 0 Å². The average Bonchev–Trinajstić information content (AvgIpc) is 2.62. The summed E-state index contributed by atoms with van der Waals surface area (Å²) in [6.07, 6.45) is 0.234. The smallest absolute Gasteiger partial charge is 0.228 e. The van der Waals surface area contributed by atoms with E-state index < -0.39 is 0 Å². The van der Waals surface area contributed by atoms with Gasteiger partial charge in [-0.1, -0.05) is 18.2 Å². The monoisotopic (exact) mass is 389 g/mol. The Morgan fingerprint density at radius 1 is 0.828 bits per heavy atom. The van der Waals surface area contributed by atoms with Gasteiger partial charge in [-0.25, -0.2) is 9.97 Å². The summed E-state index contributed by atoms with van der Waals surface area (Å²) in [5.74, 6) is 0.262. The van der Waals surface area contributed by atoms with Crippen LogP contribution >= 0.6 is 0 Å². The largest absolute Gasteiger partial charge is 0.326 e. The molecule has 7 heteroatoms. The molecule has 0 unspecified atom stereocenters. The summed E-state index contributed by atoms with van der Waals surface area (Å²) in [7, 11) is 0. The van der Waals surface area contributed by atoms with Crippen LogP contribution in [0.3, 0.4) is 0 Å². The molecule has 1 heterocycles. The molecule has 0 atom stereocenters. The van der Waals surface area contributed by atoms with Crippen LogP contribution < -0.4 is 16.0 Å². The van der Waals surface area contributed by atoms with Crippen molar-refractivity contribution in [1.29, 1.82) is 0 Å². The van der Waals surface area contributed by atoms with Crippen molar-refractivity contribution in [1.82, 2.24) is 9.97 Å². The maximum Gasteiger partial charge on any atom is 0.228 e. The van der Waals surface area contributed by atoms with Gasteiger partial charge in [-0.15, -0.1) is 0 Å². The van der Waals surface area contributed by atoms with Gasteiger partial charge in [0.1, 0.15) is 0 Å². The van der Waals surface area contributed by atoms with Crippen LogP contribution in [0.25, 0.3) is 0 Å². The van der Waals surface area contributed by atoms with E-state index >= 15 is 0 Å². The van der Waals surface area contributed by atoms with Crippen LogP contribution in [0.4, 0.5) is 23.0 Å². The minimum atomic E-state index is -0.129. The fraction of sp³-hybridized carbons (Fsp3) is 0.182. The quantitative estimate of drug-likeness (QED) is 0.593. The molecule has 0 aliphatic carbocycles. The molecule has 0 spiro atoms. The van der Waals surface area contributed by atoms with Gasteiger partial charge in [0.05, 0.1) is 6.42 Å². The molecule has 0 saturated heterocycles. The summed E-state index contributed by atoms with van der Waals surface area (Å²) in [6, 6.07) is 16.5. The number of carbonyl (C=O) groups is 2. The van der Waals surface area contributed by atoms with E-state index in [-0.39, 0.29) is 18.2 Å². The second-order valence-electron chi connectivity index (χ2n) is 6.78. The highest BCUT2D eigenvalue weighted by Gasteiger charge is 2.06. The summed E-state index contributed by atoms with van der Waals surface area (Å²) < 4.78 is 0. The molecule has 0 radical (unpaired) electrons. The molecule has 1 aromatic heterocycles. The lowest BCUT2D eigenvalue weighted by molar-refractivity contribution is -0.116. The van der Waals surface area contributed by atoms with E-state index in [4.69, 9.17) is 0 Å². The Kier molecular flexibility index (Phi) is 6.19. The van der Waals surface area contributed by atoms with E-state index in [2.05, 4.69) is 25.9 Å². The van der Waals surface area contributed by atoms with Gasteiger partial charge in [-0.2, -0.15) is 0 Å². The van der Waals surface area contributed by atoms with Crippen molar-refractivity contribution in [3.63, 3.8) is 0 Å². The van der Waals surface area contributed by atoms with Crippen molar-refractivity contribution in [2.24, 2.45) is 0 Å². The van der Waals surface area contributed by atoms with Gasteiger partial charge in [-0.05, 0) is 55.8 Å². The van der Waals surface area contributed by atoms with Crippen LogP contribution in [0.15, 0.2) is 54.6 Å². The van der Waals surface area contributed by atoms with E-state index in [9.17, 15) is 9.59 Å². The van der Waals surface area contributed by atoms with Crippen molar-refractivity contribution < 1.29 is 9.59 Å². The first kappa shape index (κ1) is 20.0. The summed E-state index contributed by atoms with van der Waals surface area (Å²) in [6.45, 7) is 5.29. The maximum absolute atomic E-state index is 12.4. The molecule has 7 nitrogen and oxygen atoms in total. The zero-order chi connectivity index (χ0) is 20.8. The standard InChI is InChI=1S/C22H23N5O2/c1-14-11-15(2)24-22(23-14)27-20-6-4-5-19(13-20)26-21(29)12-17-7-9-18(10-8-17)25-16(3)28/h4-11,13H,12H2,1-3H3,(H,25,28)(H,26,29)(H,23,24,27). The maximum atomic E-state index is 12.4. The first-order valence-electron chi connectivity index (χ1n) is 9.23. The highest BCUT2D eigenvalue weighted by Crippen LogP contribution is 2.19. The number of amides is 2. The predicted octanol–water partition coefficient (Wildman–Crippen LogP) is 3.98.